The molecule has 0 spiro atoms. The molecule has 0 radical (unpaired) electrons. The number of methoxy groups -OCH3 is 2. The van der Waals surface area contributed by atoms with Crippen molar-refractivity contribution < 1.29 is 19.0 Å². The van der Waals surface area contributed by atoms with E-state index in [0.717, 1.165) is 5.56 Å². The molecule has 1 heterocycles. The SMILES string of the molecule is COc1ccc(C2OCCN2C(=O)Nc2ccc(Cl)c(Cl)c2)cc1OC. The van der Waals surface area contributed by atoms with E-state index in [1.54, 1.807) is 49.5 Å². The fourth-order valence-electron chi connectivity index (χ4n) is 2.73. The van der Waals surface area contributed by atoms with Crippen molar-refractivity contribution in [2.75, 3.05) is 32.7 Å². The number of rotatable bonds is 4. The lowest BCUT2D eigenvalue weighted by Gasteiger charge is -2.24. The van der Waals surface area contributed by atoms with Crippen LogP contribution in [-0.4, -0.2) is 38.3 Å². The first-order valence-corrected chi connectivity index (χ1v) is 8.65. The Hall–Kier alpha value is -2.15. The first-order valence-electron chi connectivity index (χ1n) is 7.89. The van der Waals surface area contributed by atoms with Crippen molar-refractivity contribution in [2.45, 2.75) is 6.23 Å². The van der Waals surface area contributed by atoms with Crippen molar-refractivity contribution in [1.82, 2.24) is 4.90 Å². The molecule has 0 bridgehead atoms. The van der Waals surface area contributed by atoms with Gasteiger partial charge in [0.05, 0.1) is 30.9 Å². The van der Waals surface area contributed by atoms with Crippen molar-refractivity contribution in [3.63, 3.8) is 0 Å². The molecule has 8 heteroatoms. The Bertz CT molecular complexity index is 816. The third-order valence-corrected chi connectivity index (χ3v) is 4.75. The van der Waals surface area contributed by atoms with Gasteiger partial charge < -0.3 is 19.5 Å². The summed E-state index contributed by atoms with van der Waals surface area (Å²) in [6.45, 7) is 0.903. The highest BCUT2D eigenvalue weighted by atomic mass is 35.5. The summed E-state index contributed by atoms with van der Waals surface area (Å²) in [6, 6.07) is 10.1. The fraction of sp³-hybridized carbons (Fsp3) is 0.278. The summed E-state index contributed by atoms with van der Waals surface area (Å²) in [4.78, 5) is 14.3. The molecule has 1 atom stereocenters. The van der Waals surface area contributed by atoms with Crippen molar-refractivity contribution in [3.8, 4) is 11.5 Å². The van der Waals surface area contributed by atoms with E-state index >= 15 is 0 Å². The number of amides is 2. The zero-order valence-electron chi connectivity index (χ0n) is 14.3. The monoisotopic (exact) mass is 396 g/mol. The maximum atomic E-state index is 12.7. The number of benzene rings is 2. The Morgan fingerprint density at radius 3 is 2.58 bits per heavy atom. The molecule has 1 aliphatic heterocycles. The molecule has 1 N–H and O–H groups in total. The van der Waals surface area contributed by atoms with Gasteiger partial charge in [-0.15, -0.1) is 0 Å². The van der Waals surface area contributed by atoms with E-state index in [2.05, 4.69) is 5.32 Å². The number of nitrogens with one attached hydrogen (secondary N) is 1. The van der Waals surface area contributed by atoms with Crippen molar-refractivity contribution in [1.29, 1.82) is 0 Å². The Balaban J connectivity index is 1.79. The minimum atomic E-state index is -0.516. The van der Waals surface area contributed by atoms with Gasteiger partial charge in [-0.3, -0.25) is 4.90 Å². The first-order chi connectivity index (χ1) is 12.5. The van der Waals surface area contributed by atoms with Crippen molar-refractivity contribution in [3.05, 3.63) is 52.0 Å². The molecular weight excluding hydrogens is 379 g/mol. The molecule has 1 unspecified atom stereocenters. The predicted molar refractivity (Wildman–Crippen MR) is 100 cm³/mol. The molecule has 2 amide bonds. The number of carbonyl (C=O) groups is 1. The molecule has 1 fully saturated rings. The lowest BCUT2D eigenvalue weighted by atomic mass is 10.1. The summed E-state index contributed by atoms with van der Waals surface area (Å²) in [7, 11) is 3.13. The molecule has 0 aromatic heterocycles. The second-order valence-electron chi connectivity index (χ2n) is 5.59. The molecule has 0 saturated carbocycles. The summed E-state index contributed by atoms with van der Waals surface area (Å²) in [5, 5.41) is 3.61. The third kappa shape index (κ3) is 3.82. The first kappa shape index (κ1) is 18.6. The molecular formula is C18H18Cl2N2O4. The third-order valence-electron chi connectivity index (χ3n) is 4.02. The maximum absolute atomic E-state index is 12.7. The number of ether oxygens (including phenoxy) is 3. The Labute approximate surface area is 161 Å². The zero-order valence-corrected chi connectivity index (χ0v) is 15.8. The second-order valence-corrected chi connectivity index (χ2v) is 6.40. The maximum Gasteiger partial charge on any atom is 0.324 e. The highest BCUT2D eigenvalue weighted by Crippen LogP contribution is 2.34. The van der Waals surface area contributed by atoms with Crippen LogP contribution >= 0.6 is 23.2 Å². The molecule has 1 aliphatic rings. The average Bonchev–Trinajstić information content (AvgIpc) is 3.14. The number of carbonyl (C=O) groups excluding carboxylic acids is 1. The van der Waals surface area contributed by atoms with E-state index in [1.807, 2.05) is 6.07 Å². The van der Waals surface area contributed by atoms with Crippen LogP contribution in [0.2, 0.25) is 10.0 Å². The fourth-order valence-corrected chi connectivity index (χ4v) is 3.03. The predicted octanol–water partition coefficient (Wildman–Crippen LogP) is 4.57. The van der Waals surface area contributed by atoms with E-state index in [4.69, 9.17) is 37.4 Å². The summed E-state index contributed by atoms with van der Waals surface area (Å²) in [6.07, 6.45) is -0.516. The number of anilines is 1. The Kier molecular flexibility index (Phi) is 5.76. The second kappa shape index (κ2) is 8.03. The van der Waals surface area contributed by atoms with Crippen LogP contribution in [0.15, 0.2) is 36.4 Å². The van der Waals surface area contributed by atoms with E-state index in [0.29, 0.717) is 40.4 Å². The minimum Gasteiger partial charge on any atom is -0.493 e. The lowest BCUT2D eigenvalue weighted by Crippen LogP contribution is -2.34. The van der Waals surface area contributed by atoms with Gasteiger partial charge in [-0.1, -0.05) is 29.3 Å². The molecule has 1 saturated heterocycles. The van der Waals surface area contributed by atoms with E-state index in [9.17, 15) is 4.79 Å². The number of hydrogen-bond donors (Lipinski definition) is 1. The Morgan fingerprint density at radius 1 is 1.12 bits per heavy atom. The van der Waals surface area contributed by atoms with Crippen LogP contribution < -0.4 is 14.8 Å². The van der Waals surface area contributed by atoms with Crippen LogP contribution in [0.3, 0.4) is 0 Å². The molecule has 138 valence electrons. The quantitative estimate of drug-likeness (QED) is 0.821. The van der Waals surface area contributed by atoms with Gasteiger partial charge in [-0.25, -0.2) is 4.79 Å². The van der Waals surface area contributed by atoms with Crippen LogP contribution in [0, 0.1) is 0 Å². The number of urea groups is 1. The van der Waals surface area contributed by atoms with Gasteiger partial charge in [0.15, 0.2) is 17.7 Å². The summed E-state index contributed by atoms with van der Waals surface area (Å²) < 4.78 is 16.3. The molecule has 2 aromatic carbocycles. The summed E-state index contributed by atoms with van der Waals surface area (Å²) >= 11 is 11.9. The average molecular weight is 397 g/mol. The smallest absolute Gasteiger partial charge is 0.324 e. The van der Waals surface area contributed by atoms with Crippen LogP contribution in [-0.2, 0) is 4.74 Å². The normalized spacial score (nSPS) is 16.5. The van der Waals surface area contributed by atoms with Crippen molar-refractivity contribution >= 4 is 34.9 Å². The van der Waals surface area contributed by atoms with E-state index < -0.39 is 6.23 Å². The van der Waals surface area contributed by atoms with Gasteiger partial charge >= 0.3 is 6.03 Å². The number of hydrogen-bond acceptors (Lipinski definition) is 4. The van der Waals surface area contributed by atoms with Crippen LogP contribution in [0.4, 0.5) is 10.5 Å². The summed E-state index contributed by atoms with van der Waals surface area (Å²) in [5.41, 5.74) is 1.35. The van der Waals surface area contributed by atoms with Gasteiger partial charge in [0.2, 0.25) is 0 Å². The Morgan fingerprint density at radius 2 is 1.88 bits per heavy atom. The van der Waals surface area contributed by atoms with Gasteiger partial charge in [0.1, 0.15) is 0 Å². The largest absolute Gasteiger partial charge is 0.493 e. The van der Waals surface area contributed by atoms with Crippen LogP contribution in [0.5, 0.6) is 11.5 Å². The van der Waals surface area contributed by atoms with Gasteiger partial charge in [0.25, 0.3) is 0 Å². The van der Waals surface area contributed by atoms with Crippen LogP contribution in [0.1, 0.15) is 11.8 Å². The molecule has 3 rings (SSSR count). The molecule has 2 aromatic rings. The lowest BCUT2D eigenvalue weighted by molar-refractivity contribution is 0.0520. The standard InChI is InChI=1S/C18H18Cl2N2O4/c1-24-15-6-3-11(9-16(15)25-2)17-22(7-8-26-17)18(23)21-12-4-5-13(19)14(20)10-12/h3-6,9-10,17H,7-8H2,1-2H3,(H,21,23). The number of nitrogens with zero attached hydrogens (tertiary/aromatic N) is 1. The van der Waals surface area contributed by atoms with E-state index in [1.165, 1.54) is 0 Å². The topological polar surface area (TPSA) is 60.0 Å². The zero-order chi connectivity index (χ0) is 18.7. The summed E-state index contributed by atoms with van der Waals surface area (Å²) in [5.74, 6) is 1.19. The highest BCUT2D eigenvalue weighted by molar-refractivity contribution is 6.42. The van der Waals surface area contributed by atoms with Crippen molar-refractivity contribution in [2.24, 2.45) is 0 Å². The van der Waals surface area contributed by atoms with Gasteiger partial charge in [-0.2, -0.15) is 0 Å². The highest BCUT2D eigenvalue weighted by Gasteiger charge is 2.31. The van der Waals surface area contributed by atoms with Crippen LogP contribution in [0.25, 0.3) is 0 Å². The van der Waals surface area contributed by atoms with Gasteiger partial charge in [-0.05, 0) is 30.3 Å². The molecule has 26 heavy (non-hydrogen) atoms. The molecule has 6 nitrogen and oxygen atoms in total. The van der Waals surface area contributed by atoms with E-state index in [-0.39, 0.29) is 6.03 Å². The number of halogens is 2. The van der Waals surface area contributed by atoms with Gasteiger partial charge in [0, 0.05) is 17.8 Å². The molecule has 0 aliphatic carbocycles. The minimum absolute atomic E-state index is 0.291.